The molecule has 0 radical (unpaired) electrons. The molecule has 4 N–H and O–H groups in total. The summed E-state index contributed by atoms with van der Waals surface area (Å²) < 4.78 is 13.7. The summed E-state index contributed by atoms with van der Waals surface area (Å²) in [6.07, 6.45) is 0. The minimum Gasteiger partial charge on any atom is -0.395 e. The summed E-state index contributed by atoms with van der Waals surface area (Å²) in [6, 6.07) is 5.59. The summed E-state index contributed by atoms with van der Waals surface area (Å²) in [4.78, 5) is 12.1. The van der Waals surface area contributed by atoms with Crippen LogP contribution in [0.3, 0.4) is 0 Å². The van der Waals surface area contributed by atoms with Crippen LogP contribution in [0.1, 0.15) is 41.5 Å². The van der Waals surface area contributed by atoms with Gasteiger partial charge in [-0.2, -0.15) is 10.4 Å². The van der Waals surface area contributed by atoms with Crippen molar-refractivity contribution >= 4 is 17.3 Å². The number of amides is 1. The Morgan fingerprint density at radius 2 is 2.24 bits per heavy atom. The highest BCUT2D eigenvalue weighted by molar-refractivity contribution is 6.06. The van der Waals surface area contributed by atoms with Gasteiger partial charge in [-0.3, -0.25) is 9.89 Å². The average Bonchev–Trinajstić information content (AvgIpc) is 2.83. The van der Waals surface area contributed by atoms with Crippen LogP contribution in [-0.2, 0) is 0 Å². The van der Waals surface area contributed by atoms with Crippen LogP contribution in [0, 0.1) is 17.1 Å². The van der Waals surface area contributed by atoms with Gasteiger partial charge in [-0.05, 0) is 24.1 Å². The number of nitriles is 1. The van der Waals surface area contributed by atoms with Crippen LogP contribution in [0.4, 0.5) is 15.8 Å². The molecule has 0 bridgehead atoms. The number of aromatic nitrogens is 2. The van der Waals surface area contributed by atoms with Crippen LogP contribution in [0.5, 0.6) is 0 Å². The van der Waals surface area contributed by atoms with Crippen molar-refractivity contribution in [1.29, 1.82) is 5.26 Å². The number of nitrogens with zero attached hydrogens (tertiary/aromatic N) is 2. The molecule has 6 nitrogen and oxygen atoms in total. The smallest absolute Gasteiger partial charge is 0.278 e. The van der Waals surface area contributed by atoms with Gasteiger partial charge in [-0.25, -0.2) is 4.39 Å². The van der Waals surface area contributed by atoms with Gasteiger partial charge >= 0.3 is 0 Å². The van der Waals surface area contributed by atoms with Crippen molar-refractivity contribution in [2.75, 3.05) is 11.1 Å². The molecule has 0 saturated carbocycles. The van der Waals surface area contributed by atoms with Crippen molar-refractivity contribution in [2.45, 2.75) is 19.8 Å². The molecule has 108 valence electrons. The lowest BCUT2D eigenvalue weighted by Crippen LogP contribution is -2.15. The summed E-state index contributed by atoms with van der Waals surface area (Å²) >= 11 is 0. The molecule has 1 heterocycles. The first-order valence-electron chi connectivity index (χ1n) is 6.28. The average molecular weight is 287 g/mol. The lowest BCUT2D eigenvalue weighted by molar-refractivity contribution is 0.102. The van der Waals surface area contributed by atoms with Crippen LogP contribution >= 0.6 is 0 Å². The van der Waals surface area contributed by atoms with Crippen LogP contribution in [0.15, 0.2) is 18.2 Å². The number of hydrogen-bond donors (Lipinski definition) is 3. The fourth-order valence-electron chi connectivity index (χ4n) is 1.84. The number of aromatic amines is 1. The van der Waals surface area contributed by atoms with E-state index in [-0.39, 0.29) is 28.6 Å². The Kier molecular flexibility index (Phi) is 3.89. The number of halogens is 1. The van der Waals surface area contributed by atoms with Gasteiger partial charge in [-0.15, -0.1) is 0 Å². The molecule has 0 unspecified atom stereocenters. The van der Waals surface area contributed by atoms with E-state index < -0.39 is 11.7 Å². The monoisotopic (exact) mass is 287 g/mol. The number of carbonyl (C=O) groups is 1. The second-order valence-corrected chi connectivity index (χ2v) is 4.81. The predicted molar refractivity (Wildman–Crippen MR) is 76.2 cm³/mol. The molecule has 21 heavy (non-hydrogen) atoms. The Hall–Kier alpha value is -2.88. The zero-order chi connectivity index (χ0) is 15.6. The van der Waals surface area contributed by atoms with E-state index in [4.69, 9.17) is 11.0 Å². The molecule has 2 rings (SSSR count). The van der Waals surface area contributed by atoms with Gasteiger partial charge in [0.15, 0.2) is 5.69 Å². The Morgan fingerprint density at radius 3 is 2.76 bits per heavy atom. The van der Waals surface area contributed by atoms with Crippen LogP contribution < -0.4 is 11.1 Å². The Morgan fingerprint density at radius 1 is 1.52 bits per heavy atom. The van der Waals surface area contributed by atoms with Crippen molar-refractivity contribution < 1.29 is 9.18 Å². The highest BCUT2D eigenvalue weighted by Crippen LogP contribution is 2.23. The third-order valence-corrected chi connectivity index (χ3v) is 2.97. The van der Waals surface area contributed by atoms with Crippen molar-refractivity contribution in [3.63, 3.8) is 0 Å². The number of H-pyrrole nitrogens is 1. The largest absolute Gasteiger partial charge is 0.395 e. The maximum Gasteiger partial charge on any atom is 0.278 e. The quantitative estimate of drug-likeness (QED) is 0.805. The van der Waals surface area contributed by atoms with Gasteiger partial charge < -0.3 is 11.1 Å². The van der Waals surface area contributed by atoms with Crippen molar-refractivity contribution in [3.8, 4) is 6.07 Å². The molecule has 0 fully saturated rings. The molecule has 1 amide bonds. The van der Waals surface area contributed by atoms with E-state index in [0.717, 1.165) is 6.07 Å². The van der Waals surface area contributed by atoms with Gasteiger partial charge in [0.1, 0.15) is 5.82 Å². The molecule has 1 aromatic carbocycles. The van der Waals surface area contributed by atoms with Crippen LogP contribution in [0.25, 0.3) is 0 Å². The van der Waals surface area contributed by atoms with Gasteiger partial charge in [-0.1, -0.05) is 13.8 Å². The van der Waals surface area contributed by atoms with Gasteiger partial charge in [0, 0.05) is 0 Å². The minimum atomic E-state index is -0.694. The summed E-state index contributed by atoms with van der Waals surface area (Å²) in [7, 11) is 0. The number of nitrogens with one attached hydrogen (secondary N) is 2. The van der Waals surface area contributed by atoms with Crippen molar-refractivity contribution in [1.82, 2.24) is 10.2 Å². The zero-order valence-electron chi connectivity index (χ0n) is 11.6. The molecule has 2 aromatic rings. The number of hydrogen-bond acceptors (Lipinski definition) is 4. The van der Waals surface area contributed by atoms with E-state index >= 15 is 0 Å². The summed E-state index contributed by atoms with van der Waals surface area (Å²) in [5.74, 6) is -1.22. The molecule has 0 saturated heterocycles. The molecule has 0 spiro atoms. The van der Waals surface area contributed by atoms with Gasteiger partial charge in [0.05, 0.1) is 28.7 Å². The third kappa shape index (κ3) is 2.84. The first kappa shape index (κ1) is 14.5. The van der Waals surface area contributed by atoms with E-state index in [1.807, 2.05) is 19.9 Å². The summed E-state index contributed by atoms with van der Waals surface area (Å²) in [5.41, 5.74) is 6.91. The second kappa shape index (κ2) is 5.63. The number of benzene rings is 1. The van der Waals surface area contributed by atoms with Gasteiger partial charge in [0.25, 0.3) is 5.91 Å². The van der Waals surface area contributed by atoms with E-state index in [2.05, 4.69) is 15.5 Å². The molecule has 1 aromatic heterocycles. The van der Waals surface area contributed by atoms with Crippen molar-refractivity contribution in [2.24, 2.45) is 0 Å². The van der Waals surface area contributed by atoms with Gasteiger partial charge in [0.2, 0.25) is 0 Å². The van der Waals surface area contributed by atoms with Crippen LogP contribution in [0.2, 0.25) is 0 Å². The first-order chi connectivity index (χ1) is 9.93. The fourth-order valence-corrected chi connectivity index (χ4v) is 1.84. The zero-order valence-corrected chi connectivity index (χ0v) is 11.6. The highest BCUT2D eigenvalue weighted by atomic mass is 19.1. The topological polar surface area (TPSA) is 108 Å². The molecule has 0 aliphatic heterocycles. The number of nitrogens with two attached hydrogens (primary N) is 1. The van der Waals surface area contributed by atoms with Crippen molar-refractivity contribution in [3.05, 3.63) is 41.0 Å². The maximum absolute atomic E-state index is 13.7. The fraction of sp³-hybridized carbons (Fsp3) is 0.214. The normalized spacial score (nSPS) is 10.4. The number of rotatable bonds is 3. The lowest BCUT2D eigenvalue weighted by Gasteiger charge is -2.06. The van der Waals surface area contributed by atoms with E-state index in [9.17, 15) is 9.18 Å². The SMILES string of the molecule is CC(C)c1[nH]nc(C(=O)Nc2ccc(C#N)cc2F)c1N. The molecule has 0 atom stereocenters. The molecule has 7 heteroatoms. The summed E-state index contributed by atoms with van der Waals surface area (Å²) in [5, 5.41) is 17.6. The van der Waals surface area contributed by atoms with Crippen LogP contribution in [-0.4, -0.2) is 16.1 Å². The number of nitrogen functional groups attached to an aromatic ring is 1. The summed E-state index contributed by atoms with van der Waals surface area (Å²) in [6.45, 7) is 3.82. The number of carbonyl (C=O) groups excluding carboxylic acids is 1. The molecular formula is C14H14FN5O. The van der Waals surface area contributed by atoms with E-state index in [0.29, 0.717) is 5.69 Å². The Labute approximate surface area is 120 Å². The third-order valence-electron chi connectivity index (χ3n) is 2.97. The Balaban J connectivity index is 2.25. The standard InChI is InChI=1S/C14H14FN5O/c1-7(2)12-11(17)13(20-19-12)14(21)18-10-4-3-8(6-16)5-9(10)15/h3-5,7H,17H2,1-2H3,(H,18,21)(H,19,20). The molecule has 0 aliphatic carbocycles. The lowest BCUT2D eigenvalue weighted by atomic mass is 10.1. The maximum atomic E-state index is 13.7. The van der Waals surface area contributed by atoms with E-state index in [1.165, 1.54) is 12.1 Å². The highest BCUT2D eigenvalue weighted by Gasteiger charge is 2.19. The minimum absolute atomic E-state index is 0.0162. The van der Waals surface area contributed by atoms with E-state index in [1.54, 1.807) is 0 Å². The molecular weight excluding hydrogens is 273 g/mol. The second-order valence-electron chi connectivity index (χ2n) is 4.81. The number of anilines is 2. The predicted octanol–water partition coefficient (Wildman–Crippen LogP) is 2.38. The first-order valence-corrected chi connectivity index (χ1v) is 6.28. The molecule has 0 aliphatic rings. The Bertz CT molecular complexity index is 729.